The quantitative estimate of drug-likeness (QED) is 0.764. The van der Waals surface area contributed by atoms with Crippen LogP contribution in [-0.2, 0) is 17.9 Å². The molecule has 0 aliphatic carbocycles. The molecule has 0 bridgehead atoms. The number of rotatable bonds is 7. The second-order valence-electron chi connectivity index (χ2n) is 7.29. The fraction of sp³-hybridized carbons (Fsp3) is 0.526. The van der Waals surface area contributed by atoms with E-state index < -0.39 is 17.3 Å². The van der Waals surface area contributed by atoms with Crippen LogP contribution in [0.15, 0.2) is 22.8 Å². The first-order valence-corrected chi connectivity index (χ1v) is 9.13. The van der Waals surface area contributed by atoms with Crippen molar-refractivity contribution in [1.82, 2.24) is 20.1 Å². The molecule has 1 aliphatic rings. The van der Waals surface area contributed by atoms with Gasteiger partial charge in [-0.1, -0.05) is 10.3 Å². The molecule has 1 saturated heterocycles. The summed E-state index contributed by atoms with van der Waals surface area (Å²) in [6, 6.07) is 4.42. The number of halogens is 1. The Morgan fingerprint density at radius 1 is 1.43 bits per heavy atom. The average Bonchev–Trinajstić information content (AvgIpc) is 3.05. The van der Waals surface area contributed by atoms with Gasteiger partial charge < -0.3 is 14.7 Å². The van der Waals surface area contributed by atoms with Crippen LogP contribution in [0.25, 0.3) is 0 Å². The lowest BCUT2D eigenvalue weighted by Gasteiger charge is -2.40. The highest BCUT2D eigenvalue weighted by Gasteiger charge is 2.43. The largest absolute Gasteiger partial charge is 0.497 e. The summed E-state index contributed by atoms with van der Waals surface area (Å²) in [4.78, 5) is 16.3. The van der Waals surface area contributed by atoms with Crippen LogP contribution in [-0.4, -0.2) is 64.0 Å². The molecule has 9 heteroatoms. The van der Waals surface area contributed by atoms with Gasteiger partial charge in [0.25, 0.3) is 5.91 Å². The maximum atomic E-state index is 14.2. The number of aryl methyl sites for hydroxylation is 1. The van der Waals surface area contributed by atoms with Crippen molar-refractivity contribution >= 4 is 5.91 Å². The number of likely N-dealkylation sites (N-methyl/N-ethyl adjacent to an activating group) is 1. The van der Waals surface area contributed by atoms with E-state index in [1.54, 1.807) is 24.9 Å². The van der Waals surface area contributed by atoms with E-state index in [1.807, 2.05) is 0 Å². The first-order valence-electron chi connectivity index (χ1n) is 9.13. The Bertz CT molecular complexity index is 843. The normalized spacial score (nSPS) is 20.1. The minimum absolute atomic E-state index is 0.0835. The highest BCUT2D eigenvalue weighted by Crippen LogP contribution is 2.27. The Kier molecular flexibility index (Phi) is 5.95. The predicted octanol–water partition coefficient (Wildman–Crippen LogP) is 1.51. The zero-order chi connectivity index (χ0) is 20.3. The molecule has 28 heavy (non-hydrogen) atoms. The van der Waals surface area contributed by atoms with Crippen molar-refractivity contribution in [2.75, 3.05) is 27.2 Å². The van der Waals surface area contributed by atoms with Gasteiger partial charge in [0.15, 0.2) is 5.60 Å². The number of aliphatic hydroxyl groups is 1. The molecular formula is C19H25FN4O4. The van der Waals surface area contributed by atoms with Gasteiger partial charge in [0, 0.05) is 31.7 Å². The lowest BCUT2D eigenvalue weighted by Crippen LogP contribution is -2.57. The van der Waals surface area contributed by atoms with Gasteiger partial charge in [-0.2, -0.15) is 0 Å². The van der Waals surface area contributed by atoms with Crippen LogP contribution < -0.4 is 4.74 Å². The number of methoxy groups -OCH3 is 1. The van der Waals surface area contributed by atoms with Gasteiger partial charge in [0.2, 0.25) is 0 Å². The molecule has 0 unspecified atom stereocenters. The van der Waals surface area contributed by atoms with Crippen molar-refractivity contribution in [1.29, 1.82) is 0 Å². The van der Waals surface area contributed by atoms with E-state index in [9.17, 15) is 14.3 Å². The highest BCUT2D eigenvalue weighted by molar-refractivity contribution is 5.86. The van der Waals surface area contributed by atoms with Crippen LogP contribution in [0.1, 0.15) is 29.8 Å². The Labute approximate surface area is 162 Å². The summed E-state index contributed by atoms with van der Waals surface area (Å²) < 4.78 is 24.0. The number of benzene rings is 1. The maximum absolute atomic E-state index is 14.2. The van der Waals surface area contributed by atoms with Gasteiger partial charge in [0.1, 0.15) is 23.0 Å². The van der Waals surface area contributed by atoms with Crippen molar-refractivity contribution in [3.63, 3.8) is 0 Å². The molecular weight excluding hydrogens is 367 g/mol. The predicted molar refractivity (Wildman–Crippen MR) is 97.9 cm³/mol. The SMILES string of the molecule is COc1ccc(F)c(CN2CCC[C@@](O)(CN(C)Cc3nonc3C)C2=O)c1. The molecule has 1 fully saturated rings. The summed E-state index contributed by atoms with van der Waals surface area (Å²) in [5.41, 5.74) is 0.149. The van der Waals surface area contributed by atoms with Crippen LogP contribution in [0, 0.1) is 12.7 Å². The molecule has 152 valence electrons. The summed E-state index contributed by atoms with van der Waals surface area (Å²) in [5.74, 6) is -0.288. The van der Waals surface area contributed by atoms with Gasteiger partial charge in [-0.15, -0.1) is 0 Å². The number of hydrogen-bond acceptors (Lipinski definition) is 7. The van der Waals surface area contributed by atoms with E-state index >= 15 is 0 Å². The minimum Gasteiger partial charge on any atom is -0.497 e. The Morgan fingerprint density at radius 2 is 2.21 bits per heavy atom. The van der Waals surface area contributed by atoms with Crippen molar-refractivity contribution < 1.29 is 23.7 Å². The third-order valence-corrected chi connectivity index (χ3v) is 5.02. The van der Waals surface area contributed by atoms with Gasteiger partial charge in [-0.3, -0.25) is 9.69 Å². The van der Waals surface area contributed by atoms with E-state index in [1.165, 1.54) is 24.1 Å². The number of amides is 1. The van der Waals surface area contributed by atoms with Crippen LogP contribution in [0.2, 0.25) is 0 Å². The molecule has 3 rings (SSSR count). The standard InChI is InChI=1S/C19H25FN4O4/c1-13-17(22-28-21-13)11-23(2)12-19(26)7-4-8-24(18(19)25)10-14-9-15(27-3)5-6-16(14)20/h5-6,9,26H,4,7-8,10-12H2,1-3H3/t19-/m1/s1. The monoisotopic (exact) mass is 392 g/mol. The summed E-state index contributed by atoms with van der Waals surface area (Å²) in [6.07, 6.45) is 0.982. The third kappa shape index (κ3) is 4.31. The molecule has 0 radical (unpaired) electrons. The number of ether oxygens (including phenoxy) is 1. The van der Waals surface area contributed by atoms with Gasteiger partial charge >= 0.3 is 0 Å². The average molecular weight is 392 g/mol. The lowest BCUT2D eigenvalue weighted by atomic mass is 9.90. The number of nitrogens with zero attached hydrogens (tertiary/aromatic N) is 4. The Hall–Kier alpha value is -2.52. The molecule has 1 N–H and O–H groups in total. The maximum Gasteiger partial charge on any atom is 0.256 e. The summed E-state index contributed by atoms with van der Waals surface area (Å²) in [7, 11) is 3.30. The Morgan fingerprint density at radius 3 is 2.89 bits per heavy atom. The molecule has 1 aliphatic heterocycles. The van der Waals surface area contributed by atoms with Crippen molar-refractivity contribution in [3.8, 4) is 5.75 Å². The van der Waals surface area contributed by atoms with Crippen LogP contribution >= 0.6 is 0 Å². The molecule has 1 aromatic carbocycles. The second-order valence-corrected chi connectivity index (χ2v) is 7.29. The van der Waals surface area contributed by atoms with Crippen molar-refractivity contribution in [2.45, 2.75) is 38.5 Å². The van der Waals surface area contributed by atoms with Gasteiger partial charge in [0.05, 0.1) is 7.11 Å². The number of carbonyl (C=O) groups excluding carboxylic acids is 1. The summed E-state index contributed by atoms with van der Waals surface area (Å²) in [5, 5.41) is 18.6. The fourth-order valence-corrected chi connectivity index (χ4v) is 3.52. The second kappa shape index (κ2) is 8.24. The third-order valence-electron chi connectivity index (χ3n) is 5.02. The number of piperidine rings is 1. The van der Waals surface area contributed by atoms with Crippen molar-refractivity contribution in [2.24, 2.45) is 0 Å². The zero-order valence-electron chi connectivity index (χ0n) is 16.3. The zero-order valence-corrected chi connectivity index (χ0v) is 16.3. The molecule has 0 spiro atoms. The molecule has 0 saturated carbocycles. The van der Waals surface area contributed by atoms with Crippen LogP contribution in [0.3, 0.4) is 0 Å². The highest BCUT2D eigenvalue weighted by atomic mass is 19.1. The smallest absolute Gasteiger partial charge is 0.256 e. The summed E-state index contributed by atoms with van der Waals surface area (Å²) in [6.45, 7) is 2.86. The molecule has 1 aromatic heterocycles. The molecule has 1 atom stereocenters. The number of aromatic nitrogens is 2. The topological polar surface area (TPSA) is 91.9 Å². The molecule has 2 aromatic rings. The molecule has 8 nitrogen and oxygen atoms in total. The van der Waals surface area contributed by atoms with Crippen LogP contribution in [0.4, 0.5) is 4.39 Å². The minimum atomic E-state index is -1.53. The van der Waals surface area contributed by atoms with E-state index in [-0.39, 0.29) is 13.1 Å². The summed E-state index contributed by atoms with van der Waals surface area (Å²) >= 11 is 0. The van der Waals surface area contributed by atoms with Gasteiger partial charge in [-0.05, 0) is 45.0 Å². The van der Waals surface area contributed by atoms with Gasteiger partial charge in [-0.25, -0.2) is 9.02 Å². The van der Waals surface area contributed by atoms with E-state index in [2.05, 4.69) is 14.9 Å². The molecule has 1 amide bonds. The van der Waals surface area contributed by atoms with E-state index in [0.29, 0.717) is 48.6 Å². The number of hydrogen-bond donors (Lipinski definition) is 1. The Balaban J connectivity index is 1.69. The van der Waals surface area contributed by atoms with E-state index in [0.717, 1.165) is 0 Å². The fourth-order valence-electron chi connectivity index (χ4n) is 3.52. The van der Waals surface area contributed by atoms with Crippen molar-refractivity contribution in [3.05, 3.63) is 41.0 Å². The molecule has 2 heterocycles. The van der Waals surface area contributed by atoms with E-state index in [4.69, 9.17) is 4.74 Å². The lowest BCUT2D eigenvalue weighted by molar-refractivity contribution is -0.160. The number of carbonyl (C=O) groups is 1. The number of likely N-dealkylation sites (tertiary alicyclic amines) is 1. The first-order chi connectivity index (χ1) is 13.3. The first kappa shape index (κ1) is 20.2. The van der Waals surface area contributed by atoms with Crippen LogP contribution in [0.5, 0.6) is 5.75 Å².